The molecule has 1 aromatic heterocycles. The number of amides is 1. The summed E-state index contributed by atoms with van der Waals surface area (Å²) in [6, 6.07) is 10.7. The second kappa shape index (κ2) is 7.75. The van der Waals surface area contributed by atoms with Crippen LogP contribution >= 0.6 is 0 Å². The van der Waals surface area contributed by atoms with E-state index in [0.29, 0.717) is 12.0 Å². The van der Waals surface area contributed by atoms with E-state index in [2.05, 4.69) is 17.1 Å². The van der Waals surface area contributed by atoms with Gasteiger partial charge in [-0.05, 0) is 57.7 Å². The van der Waals surface area contributed by atoms with Crippen molar-refractivity contribution < 1.29 is 4.79 Å². The topological polar surface area (TPSA) is 45.2 Å². The quantitative estimate of drug-likeness (QED) is 0.797. The van der Waals surface area contributed by atoms with Gasteiger partial charge >= 0.3 is 0 Å². The van der Waals surface area contributed by atoms with Crippen LogP contribution in [0, 0.1) is 0 Å². The van der Waals surface area contributed by atoms with Crippen LogP contribution in [0.15, 0.2) is 30.3 Å². The van der Waals surface area contributed by atoms with E-state index in [1.54, 1.807) is 0 Å². The van der Waals surface area contributed by atoms with E-state index < -0.39 is 0 Å². The molecule has 4 heteroatoms. The van der Waals surface area contributed by atoms with Crippen LogP contribution < -0.4 is 5.32 Å². The predicted molar refractivity (Wildman–Crippen MR) is 106 cm³/mol. The lowest BCUT2D eigenvalue weighted by molar-refractivity contribution is 0.0950. The van der Waals surface area contributed by atoms with Gasteiger partial charge in [0.05, 0.1) is 11.1 Å². The number of benzene rings is 1. The second-order valence-electron chi connectivity index (χ2n) is 7.88. The van der Waals surface area contributed by atoms with E-state index in [0.717, 1.165) is 41.7 Å². The number of nitrogens with zero attached hydrogens (tertiary/aromatic N) is 2. The summed E-state index contributed by atoms with van der Waals surface area (Å²) in [6.45, 7) is 5.33. The van der Waals surface area contributed by atoms with Crippen molar-refractivity contribution in [2.24, 2.45) is 0 Å². The fourth-order valence-electron chi connectivity index (χ4n) is 4.04. The van der Waals surface area contributed by atoms with Crippen LogP contribution in [-0.4, -0.2) is 41.5 Å². The number of rotatable bonds is 6. The van der Waals surface area contributed by atoms with Crippen molar-refractivity contribution in [2.75, 3.05) is 19.6 Å². The Balaban J connectivity index is 1.39. The van der Waals surface area contributed by atoms with Gasteiger partial charge in [0.25, 0.3) is 5.91 Å². The van der Waals surface area contributed by atoms with Crippen LogP contribution in [0.4, 0.5) is 0 Å². The summed E-state index contributed by atoms with van der Waals surface area (Å²) in [6.07, 6.45) is 7.37. The van der Waals surface area contributed by atoms with Gasteiger partial charge in [0, 0.05) is 36.1 Å². The smallest absolute Gasteiger partial charge is 0.252 e. The van der Waals surface area contributed by atoms with Crippen molar-refractivity contribution in [3.8, 4) is 0 Å². The molecule has 4 nitrogen and oxygen atoms in total. The van der Waals surface area contributed by atoms with E-state index in [1.807, 2.05) is 30.3 Å². The first-order chi connectivity index (χ1) is 12.7. The zero-order valence-corrected chi connectivity index (χ0v) is 15.7. The van der Waals surface area contributed by atoms with Crippen molar-refractivity contribution in [3.63, 3.8) is 0 Å². The van der Waals surface area contributed by atoms with Crippen LogP contribution in [0.3, 0.4) is 0 Å². The number of nitrogens with one attached hydrogen (secondary N) is 1. The summed E-state index contributed by atoms with van der Waals surface area (Å²) in [4.78, 5) is 20.1. The summed E-state index contributed by atoms with van der Waals surface area (Å²) in [5.41, 5.74) is 2.80. The van der Waals surface area contributed by atoms with Gasteiger partial charge in [-0.2, -0.15) is 0 Å². The third kappa shape index (κ3) is 3.90. The lowest BCUT2D eigenvalue weighted by Gasteiger charge is -2.33. The Morgan fingerprint density at radius 3 is 2.88 bits per heavy atom. The summed E-state index contributed by atoms with van der Waals surface area (Å²) < 4.78 is 0. The van der Waals surface area contributed by atoms with Gasteiger partial charge in [-0.1, -0.05) is 24.6 Å². The molecule has 0 radical (unpaired) electrons. The molecule has 0 bridgehead atoms. The van der Waals surface area contributed by atoms with E-state index in [1.165, 1.54) is 38.6 Å². The second-order valence-corrected chi connectivity index (χ2v) is 7.88. The van der Waals surface area contributed by atoms with Crippen LogP contribution in [0.1, 0.15) is 67.4 Å². The molecule has 2 heterocycles. The number of aromatic nitrogens is 1. The normalized spacial score (nSPS) is 21.0. The number of fused-ring (bicyclic) bond motifs is 1. The standard InChI is InChI=1S/C22H29N3O/c1-16-7-4-5-13-25(16)14-6-12-23-22(26)19-15-21(17-10-11-17)24-20-9-3-2-8-18(19)20/h2-3,8-9,15-17H,4-7,10-14H2,1H3,(H,23,26). The molecule has 1 N–H and O–H groups in total. The first kappa shape index (κ1) is 17.5. The molecule has 2 fully saturated rings. The maximum Gasteiger partial charge on any atom is 0.252 e. The molecule has 2 aliphatic rings. The highest BCUT2D eigenvalue weighted by molar-refractivity contribution is 6.06. The monoisotopic (exact) mass is 351 g/mol. The number of likely N-dealkylation sites (tertiary alicyclic amines) is 1. The molecule has 1 atom stereocenters. The van der Waals surface area contributed by atoms with Gasteiger partial charge in [-0.15, -0.1) is 0 Å². The number of piperidine rings is 1. The lowest BCUT2D eigenvalue weighted by atomic mass is 10.0. The maximum atomic E-state index is 12.8. The van der Waals surface area contributed by atoms with E-state index in [9.17, 15) is 4.79 Å². The SMILES string of the molecule is CC1CCCCN1CCCNC(=O)c1cc(C2CC2)nc2ccccc12. The van der Waals surface area contributed by atoms with Crippen LogP contribution in [-0.2, 0) is 0 Å². The largest absolute Gasteiger partial charge is 0.352 e. The van der Waals surface area contributed by atoms with Crippen molar-refractivity contribution in [3.05, 3.63) is 41.6 Å². The number of carbonyl (C=O) groups excluding carboxylic acids is 1. The molecule has 1 saturated heterocycles. The summed E-state index contributed by atoms with van der Waals surface area (Å²) in [5, 5.41) is 4.10. The summed E-state index contributed by atoms with van der Waals surface area (Å²) >= 11 is 0. The van der Waals surface area contributed by atoms with Gasteiger partial charge in [-0.25, -0.2) is 0 Å². The Labute approximate surface area is 156 Å². The van der Waals surface area contributed by atoms with Crippen LogP contribution in [0.2, 0.25) is 0 Å². The summed E-state index contributed by atoms with van der Waals surface area (Å²) in [7, 11) is 0. The molecule has 1 aromatic carbocycles. The zero-order chi connectivity index (χ0) is 17.9. The average molecular weight is 351 g/mol. The van der Waals surface area contributed by atoms with Crippen molar-refractivity contribution in [2.45, 2.75) is 57.4 Å². The average Bonchev–Trinajstić information content (AvgIpc) is 3.51. The van der Waals surface area contributed by atoms with Gasteiger partial charge in [0.2, 0.25) is 0 Å². The minimum absolute atomic E-state index is 0.0391. The summed E-state index contributed by atoms with van der Waals surface area (Å²) in [5.74, 6) is 0.587. The molecular weight excluding hydrogens is 322 g/mol. The molecule has 1 aliphatic heterocycles. The van der Waals surface area contributed by atoms with E-state index >= 15 is 0 Å². The van der Waals surface area contributed by atoms with Gasteiger partial charge in [0.1, 0.15) is 0 Å². The lowest BCUT2D eigenvalue weighted by Crippen LogP contribution is -2.39. The third-order valence-corrected chi connectivity index (χ3v) is 5.82. The van der Waals surface area contributed by atoms with Crippen molar-refractivity contribution in [1.29, 1.82) is 0 Å². The van der Waals surface area contributed by atoms with Crippen molar-refractivity contribution >= 4 is 16.8 Å². The molecule has 26 heavy (non-hydrogen) atoms. The molecule has 0 spiro atoms. The number of hydrogen-bond donors (Lipinski definition) is 1. The zero-order valence-electron chi connectivity index (χ0n) is 15.7. The minimum atomic E-state index is 0.0391. The van der Waals surface area contributed by atoms with E-state index in [4.69, 9.17) is 4.98 Å². The Bertz CT molecular complexity index is 784. The highest BCUT2D eigenvalue weighted by Gasteiger charge is 2.27. The van der Waals surface area contributed by atoms with Gasteiger partial charge in [0.15, 0.2) is 0 Å². The third-order valence-electron chi connectivity index (χ3n) is 5.82. The Morgan fingerprint density at radius 1 is 1.23 bits per heavy atom. The predicted octanol–water partition coefficient (Wildman–Crippen LogP) is 4.11. The highest BCUT2D eigenvalue weighted by atomic mass is 16.1. The number of pyridine rings is 1. The van der Waals surface area contributed by atoms with E-state index in [-0.39, 0.29) is 5.91 Å². The molecule has 1 saturated carbocycles. The van der Waals surface area contributed by atoms with Crippen molar-refractivity contribution in [1.82, 2.24) is 15.2 Å². The highest BCUT2D eigenvalue weighted by Crippen LogP contribution is 2.40. The molecule has 138 valence electrons. The molecule has 1 unspecified atom stereocenters. The Hall–Kier alpha value is -1.94. The Kier molecular flexibility index (Phi) is 5.21. The Morgan fingerprint density at radius 2 is 2.08 bits per heavy atom. The first-order valence-corrected chi connectivity index (χ1v) is 10.1. The first-order valence-electron chi connectivity index (χ1n) is 10.1. The van der Waals surface area contributed by atoms with Crippen LogP contribution in [0.25, 0.3) is 10.9 Å². The van der Waals surface area contributed by atoms with Gasteiger partial charge in [-0.3, -0.25) is 9.78 Å². The molecular formula is C22H29N3O. The van der Waals surface area contributed by atoms with Crippen LogP contribution in [0.5, 0.6) is 0 Å². The maximum absolute atomic E-state index is 12.8. The fourth-order valence-corrected chi connectivity index (χ4v) is 4.04. The minimum Gasteiger partial charge on any atom is -0.352 e. The van der Waals surface area contributed by atoms with Gasteiger partial charge < -0.3 is 10.2 Å². The molecule has 4 rings (SSSR count). The number of carbonyl (C=O) groups is 1. The molecule has 2 aromatic rings. The number of para-hydroxylation sites is 1. The molecule has 1 amide bonds. The number of hydrogen-bond acceptors (Lipinski definition) is 3. The molecule has 1 aliphatic carbocycles. The fraction of sp³-hybridized carbons (Fsp3) is 0.545.